The Labute approximate surface area is 170 Å². The van der Waals surface area contributed by atoms with Crippen molar-refractivity contribution in [1.82, 2.24) is 10.2 Å². The van der Waals surface area contributed by atoms with Crippen molar-refractivity contribution in [2.45, 2.75) is 48.2 Å². The molecule has 3 atom stereocenters. The van der Waals surface area contributed by atoms with E-state index >= 15 is 0 Å². The highest BCUT2D eigenvalue weighted by Crippen LogP contribution is 2.34. The first-order valence-electron chi connectivity index (χ1n) is 9.23. The first-order chi connectivity index (χ1) is 12.4. The molecule has 0 aromatic heterocycles. The number of ether oxygens (including phenoxy) is 1. The quantitative estimate of drug-likeness (QED) is 0.568. The molecule has 1 N–H and O–H groups in total. The van der Waals surface area contributed by atoms with E-state index in [-0.39, 0.29) is 5.91 Å². The van der Waals surface area contributed by atoms with Gasteiger partial charge in [-0.1, -0.05) is 59.4 Å². The molecule has 0 saturated carbocycles. The van der Waals surface area contributed by atoms with Crippen LogP contribution in [0.2, 0.25) is 0 Å². The third kappa shape index (κ3) is 5.26. The van der Waals surface area contributed by atoms with E-state index < -0.39 is 10.0 Å². The maximum Gasteiger partial charge on any atom is 0.253 e. The van der Waals surface area contributed by atoms with Gasteiger partial charge in [0.2, 0.25) is 3.79 Å². The highest BCUT2D eigenvalue weighted by atomic mass is 35.6. The number of carbonyl (C=O) groups is 1. The summed E-state index contributed by atoms with van der Waals surface area (Å²) in [7, 11) is 0. The van der Waals surface area contributed by atoms with Crippen molar-refractivity contribution in [1.29, 1.82) is 0 Å². The Morgan fingerprint density at radius 3 is 2.62 bits per heavy atom. The van der Waals surface area contributed by atoms with Crippen molar-refractivity contribution in [2.75, 3.05) is 19.7 Å². The maximum atomic E-state index is 12.4. The van der Waals surface area contributed by atoms with Crippen LogP contribution in [0.15, 0.2) is 30.3 Å². The Balaban J connectivity index is 1.61. The summed E-state index contributed by atoms with van der Waals surface area (Å²) in [5.41, 5.74) is 0.506. The number of amides is 1. The SMILES string of the molecule is O=C(N[C@H](OC[C@H]1CCCN2CCCC[C@@H]12)C(Cl)(Cl)Cl)c1ccccc1. The molecule has 2 saturated heterocycles. The van der Waals surface area contributed by atoms with Gasteiger partial charge in [-0.2, -0.15) is 0 Å². The molecule has 7 heteroatoms. The van der Waals surface area contributed by atoms with E-state index in [2.05, 4.69) is 10.2 Å². The summed E-state index contributed by atoms with van der Waals surface area (Å²) < 4.78 is 4.20. The van der Waals surface area contributed by atoms with E-state index in [0.29, 0.717) is 24.1 Å². The second-order valence-electron chi connectivity index (χ2n) is 7.10. The minimum absolute atomic E-state index is 0.315. The summed E-state index contributed by atoms with van der Waals surface area (Å²) in [6.07, 6.45) is 5.02. The molecular weight excluding hydrogens is 395 g/mol. The van der Waals surface area contributed by atoms with Gasteiger partial charge in [0.05, 0.1) is 6.61 Å². The van der Waals surface area contributed by atoms with Gasteiger partial charge in [-0.05, 0) is 56.8 Å². The Bertz CT molecular complexity index is 592. The number of hydrogen-bond donors (Lipinski definition) is 1. The van der Waals surface area contributed by atoms with Crippen molar-refractivity contribution < 1.29 is 9.53 Å². The molecule has 1 aromatic carbocycles. The first kappa shape index (κ1) is 20.2. The van der Waals surface area contributed by atoms with Gasteiger partial charge in [-0.25, -0.2) is 0 Å². The van der Waals surface area contributed by atoms with Gasteiger partial charge >= 0.3 is 0 Å². The number of alkyl halides is 3. The fraction of sp³-hybridized carbons (Fsp3) is 0.632. The van der Waals surface area contributed by atoms with Crippen molar-refractivity contribution in [3.05, 3.63) is 35.9 Å². The van der Waals surface area contributed by atoms with Gasteiger partial charge in [0.25, 0.3) is 5.91 Å². The van der Waals surface area contributed by atoms with Crippen molar-refractivity contribution >= 4 is 40.7 Å². The Morgan fingerprint density at radius 2 is 1.88 bits per heavy atom. The van der Waals surface area contributed by atoms with E-state index in [4.69, 9.17) is 39.5 Å². The molecule has 0 spiro atoms. The number of nitrogens with zero attached hydrogens (tertiary/aromatic N) is 1. The van der Waals surface area contributed by atoms with Crippen LogP contribution in [0, 0.1) is 5.92 Å². The minimum Gasteiger partial charge on any atom is -0.354 e. The number of fused-ring (bicyclic) bond motifs is 1. The molecule has 2 aliphatic heterocycles. The number of nitrogens with one attached hydrogen (secondary N) is 1. The number of rotatable bonds is 5. The molecule has 0 unspecified atom stereocenters. The standard InChI is InChI=1S/C19H25Cl3N2O2/c20-19(21,22)18(23-17(25)14-7-2-1-3-8-14)26-13-15-9-6-12-24-11-5-4-10-16(15)24/h1-3,7-8,15-16,18H,4-6,9-13H2,(H,23,25)/t15-,16+,18-/m1/s1. The van der Waals surface area contributed by atoms with Crippen molar-refractivity contribution in [2.24, 2.45) is 5.92 Å². The molecule has 2 heterocycles. The predicted octanol–water partition coefficient (Wildman–Crippen LogP) is 4.39. The van der Waals surface area contributed by atoms with Gasteiger partial charge in [0.15, 0.2) is 6.23 Å². The van der Waals surface area contributed by atoms with Gasteiger partial charge in [-0.15, -0.1) is 0 Å². The number of halogens is 3. The highest BCUT2D eigenvalue weighted by Gasteiger charge is 2.38. The molecule has 2 fully saturated rings. The molecule has 26 heavy (non-hydrogen) atoms. The van der Waals surface area contributed by atoms with Crippen LogP contribution in [-0.4, -0.2) is 46.6 Å². The van der Waals surface area contributed by atoms with E-state index in [9.17, 15) is 4.79 Å². The third-order valence-electron chi connectivity index (χ3n) is 5.30. The van der Waals surface area contributed by atoms with Crippen LogP contribution in [0.3, 0.4) is 0 Å². The zero-order valence-electron chi connectivity index (χ0n) is 14.7. The average molecular weight is 420 g/mol. The summed E-state index contributed by atoms with van der Waals surface area (Å²) in [6, 6.07) is 9.40. The number of carbonyl (C=O) groups excluding carboxylic acids is 1. The van der Waals surface area contributed by atoms with Crippen molar-refractivity contribution in [3.63, 3.8) is 0 Å². The molecule has 0 radical (unpaired) electrons. The normalized spacial score (nSPS) is 25.3. The molecule has 1 aromatic rings. The molecule has 2 aliphatic rings. The number of benzene rings is 1. The molecule has 144 valence electrons. The predicted molar refractivity (Wildman–Crippen MR) is 106 cm³/mol. The highest BCUT2D eigenvalue weighted by molar-refractivity contribution is 6.68. The van der Waals surface area contributed by atoms with Gasteiger partial charge in [-0.3, -0.25) is 4.79 Å². The summed E-state index contributed by atoms with van der Waals surface area (Å²) in [5.74, 6) is 0.0948. The summed E-state index contributed by atoms with van der Waals surface area (Å²) in [5, 5.41) is 2.71. The second-order valence-corrected chi connectivity index (χ2v) is 9.46. The smallest absolute Gasteiger partial charge is 0.253 e. The van der Waals surface area contributed by atoms with Crippen LogP contribution in [0.1, 0.15) is 42.5 Å². The van der Waals surface area contributed by atoms with E-state index in [1.807, 2.05) is 6.07 Å². The third-order valence-corrected chi connectivity index (χ3v) is 5.90. The molecule has 0 aliphatic carbocycles. The fourth-order valence-corrected chi connectivity index (χ4v) is 4.35. The molecular formula is C19H25Cl3N2O2. The van der Waals surface area contributed by atoms with E-state index in [1.54, 1.807) is 24.3 Å². The number of hydrogen-bond acceptors (Lipinski definition) is 3. The molecule has 4 nitrogen and oxygen atoms in total. The first-order valence-corrected chi connectivity index (χ1v) is 10.4. The zero-order valence-corrected chi connectivity index (χ0v) is 16.9. The minimum atomic E-state index is -1.73. The topological polar surface area (TPSA) is 41.6 Å². The largest absolute Gasteiger partial charge is 0.354 e. The van der Waals surface area contributed by atoms with Gasteiger partial charge in [0.1, 0.15) is 0 Å². The molecule has 0 bridgehead atoms. The Kier molecular flexibility index (Phi) is 7.09. The van der Waals surface area contributed by atoms with Crippen LogP contribution in [0.5, 0.6) is 0 Å². The lowest BCUT2D eigenvalue weighted by Crippen LogP contribution is -2.51. The Morgan fingerprint density at radius 1 is 1.15 bits per heavy atom. The van der Waals surface area contributed by atoms with Crippen molar-refractivity contribution in [3.8, 4) is 0 Å². The van der Waals surface area contributed by atoms with Gasteiger partial charge < -0.3 is 15.0 Å². The maximum absolute atomic E-state index is 12.4. The second kappa shape index (κ2) is 9.11. The van der Waals surface area contributed by atoms with Crippen LogP contribution in [0.25, 0.3) is 0 Å². The monoisotopic (exact) mass is 418 g/mol. The summed E-state index contributed by atoms with van der Waals surface area (Å²) in [6.45, 7) is 2.81. The lowest BCUT2D eigenvalue weighted by molar-refractivity contribution is -0.0325. The average Bonchev–Trinajstić information content (AvgIpc) is 2.64. The fourth-order valence-electron chi connectivity index (χ4n) is 4.00. The van der Waals surface area contributed by atoms with Crippen LogP contribution >= 0.6 is 34.8 Å². The van der Waals surface area contributed by atoms with E-state index in [0.717, 1.165) is 6.42 Å². The molecule has 3 rings (SSSR count). The zero-order chi connectivity index (χ0) is 18.6. The van der Waals surface area contributed by atoms with Crippen LogP contribution in [-0.2, 0) is 4.74 Å². The Hall–Kier alpha value is -0.520. The lowest BCUT2D eigenvalue weighted by atomic mass is 9.84. The van der Waals surface area contributed by atoms with Crippen LogP contribution in [0.4, 0.5) is 0 Å². The van der Waals surface area contributed by atoms with Gasteiger partial charge in [0, 0.05) is 11.6 Å². The summed E-state index contributed by atoms with van der Waals surface area (Å²) >= 11 is 18.2. The lowest BCUT2D eigenvalue weighted by Gasteiger charge is -2.44. The molecule has 1 amide bonds. The van der Waals surface area contributed by atoms with E-state index in [1.165, 1.54) is 38.8 Å². The number of piperidine rings is 2. The summed E-state index contributed by atoms with van der Waals surface area (Å²) in [4.78, 5) is 15.0. The van der Waals surface area contributed by atoms with Crippen LogP contribution < -0.4 is 5.32 Å².